The molecule has 0 spiro atoms. The molecule has 4 rings (SSSR count). The molecule has 2 bridgehead atoms. The standard InChI is InChI=1S/C17H19N3S/c1-2-6-19-15(3-1)16-10-20-17(21-16)11-18-9-14-8-12-4-5-13(14)7-12/h1-6,10,12-14,18H,7-9,11H2. The van der Waals surface area contributed by atoms with Crippen LogP contribution in [0.5, 0.6) is 0 Å². The van der Waals surface area contributed by atoms with E-state index < -0.39 is 0 Å². The summed E-state index contributed by atoms with van der Waals surface area (Å²) in [6, 6.07) is 5.99. The minimum Gasteiger partial charge on any atom is -0.310 e. The monoisotopic (exact) mass is 297 g/mol. The van der Waals surface area contributed by atoms with Crippen molar-refractivity contribution in [2.45, 2.75) is 19.4 Å². The molecular formula is C17H19N3S. The molecule has 2 aromatic heterocycles. The quantitative estimate of drug-likeness (QED) is 0.858. The molecule has 2 aliphatic rings. The Labute approximate surface area is 129 Å². The van der Waals surface area contributed by atoms with E-state index >= 15 is 0 Å². The third-order valence-electron chi connectivity index (χ3n) is 4.57. The van der Waals surface area contributed by atoms with Crippen molar-refractivity contribution in [3.63, 3.8) is 0 Å². The molecule has 3 atom stereocenters. The van der Waals surface area contributed by atoms with Crippen molar-refractivity contribution < 1.29 is 0 Å². The molecule has 0 amide bonds. The number of allylic oxidation sites excluding steroid dienone is 2. The number of aromatic nitrogens is 2. The smallest absolute Gasteiger partial charge is 0.107 e. The fourth-order valence-corrected chi connectivity index (χ4v) is 4.38. The Balaban J connectivity index is 1.32. The van der Waals surface area contributed by atoms with Crippen molar-refractivity contribution in [1.29, 1.82) is 0 Å². The second kappa shape index (κ2) is 5.70. The SMILES string of the molecule is C1=CC2CC1CC2CNCc1ncc(-c2ccccn2)s1. The van der Waals surface area contributed by atoms with Crippen molar-refractivity contribution >= 4 is 11.3 Å². The summed E-state index contributed by atoms with van der Waals surface area (Å²) in [5, 5.41) is 4.73. The number of nitrogens with one attached hydrogen (secondary N) is 1. The highest BCUT2D eigenvalue weighted by Gasteiger charge is 2.34. The molecule has 0 saturated heterocycles. The second-order valence-corrected chi connectivity index (χ2v) is 7.12. The molecule has 0 aliphatic heterocycles. The minimum absolute atomic E-state index is 0.822. The lowest BCUT2D eigenvalue weighted by Crippen LogP contribution is -2.24. The van der Waals surface area contributed by atoms with Crippen LogP contribution >= 0.6 is 11.3 Å². The number of hydrogen-bond donors (Lipinski definition) is 1. The number of fused-ring (bicyclic) bond motifs is 2. The molecule has 21 heavy (non-hydrogen) atoms. The van der Waals surface area contributed by atoms with E-state index in [0.29, 0.717) is 0 Å². The Kier molecular flexibility index (Phi) is 3.57. The zero-order chi connectivity index (χ0) is 14.1. The van der Waals surface area contributed by atoms with Gasteiger partial charge >= 0.3 is 0 Å². The van der Waals surface area contributed by atoms with E-state index in [0.717, 1.165) is 46.4 Å². The van der Waals surface area contributed by atoms with Gasteiger partial charge in [-0.3, -0.25) is 4.98 Å². The van der Waals surface area contributed by atoms with Crippen LogP contribution in [0, 0.1) is 17.8 Å². The molecule has 2 aromatic rings. The zero-order valence-electron chi connectivity index (χ0n) is 11.9. The average molecular weight is 297 g/mol. The van der Waals surface area contributed by atoms with E-state index in [1.807, 2.05) is 30.6 Å². The van der Waals surface area contributed by atoms with Crippen LogP contribution in [0.2, 0.25) is 0 Å². The number of hydrogen-bond acceptors (Lipinski definition) is 4. The van der Waals surface area contributed by atoms with E-state index in [-0.39, 0.29) is 0 Å². The van der Waals surface area contributed by atoms with Gasteiger partial charge in [-0.15, -0.1) is 11.3 Å². The largest absolute Gasteiger partial charge is 0.310 e. The first kappa shape index (κ1) is 13.2. The Morgan fingerprint density at radius 2 is 2.19 bits per heavy atom. The lowest BCUT2D eigenvalue weighted by Gasteiger charge is -2.17. The molecule has 1 N–H and O–H groups in total. The lowest BCUT2D eigenvalue weighted by molar-refractivity contribution is 0.414. The van der Waals surface area contributed by atoms with Crippen LogP contribution in [0.25, 0.3) is 10.6 Å². The predicted molar refractivity (Wildman–Crippen MR) is 85.9 cm³/mol. The highest BCUT2D eigenvalue weighted by Crippen LogP contribution is 2.42. The zero-order valence-corrected chi connectivity index (χ0v) is 12.7. The summed E-state index contributed by atoms with van der Waals surface area (Å²) in [5.74, 6) is 2.51. The Morgan fingerprint density at radius 1 is 1.19 bits per heavy atom. The van der Waals surface area contributed by atoms with Gasteiger partial charge in [-0.1, -0.05) is 18.2 Å². The topological polar surface area (TPSA) is 37.8 Å². The molecule has 3 unspecified atom stereocenters. The van der Waals surface area contributed by atoms with Crippen molar-refractivity contribution in [3.05, 3.63) is 47.8 Å². The van der Waals surface area contributed by atoms with Crippen LogP contribution in [-0.2, 0) is 6.54 Å². The lowest BCUT2D eigenvalue weighted by atomic mass is 9.94. The fourth-order valence-electron chi connectivity index (χ4n) is 3.51. The van der Waals surface area contributed by atoms with Crippen LogP contribution in [0.1, 0.15) is 17.8 Å². The van der Waals surface area contributed by atoms with Gasteiger partial charge in [-0.05, 0) is 49.3 Å². The predicted octanol–water partition coefficient (Wildman–Crippen LogP) is 3.51. The summed E-state index contributed by atoms with van der Waals surface area (Å²) in [6.07, 6.45) is 11.3. The third kappa shape index (κ3) is 2.78. The summed E-state index contributed by atoms with van der Waals surface area (Å²) in [6.45, 7) is 1.99. The number of pyridine rings is 1. The highest BCUT2D eigenvalue weighted by atomic mass is 32.1. The van der Waals surface area contributed by atoms with Gasteiger partial charge < -0.3 is 5.32 Å². The normalized spacial score (nSPS) is 26.6. The van der Waals surface area contributed by atoms with E-state index in [9.17, 15) is 0 Å². The molecule has 2 aliphatic carbocycles. The maximum Gasteiger partial charge on any atom is 0.107 e. The first-order valence-corrected chi connectivity index (χ1v) is 8.45. The summed E-state index contributed by atoms with van der Waals surface area (Å²) in [5.41, 5.74) is 1.01. The van der Waals surface area contributed by atoms with Crippen LogP contribution < -0.4 is 5.32 Å². The Hall–Kier alpha value is -1.52. The number of nitrogens with zero attached hydrogens (tertiary/aromatic N) is 2. The summed E-state index contributed by atoms with van der Waals surface area (Å²) in [7, 11) is 0. The first-order valence-electron chi connectivity index (χ1n) is 7.63. The maximum atomic E-state index is 4.51. The average Bonchev–Trinajstić information content (AvgIpc) is 3.24. The van der Waals surface area contributed by atoms with Gasteiger partial charge in [0.05, 0.1) is 10.6 Å². The molecule has 108 valence electrons. The van der Waals surface area contributed by atoms with Crippen molar-refractivity contribution in [2.24, 2.45) is 17.8 Å². The maximum absolute atomic E-state index is 4.51. The molecule has 4 heteroatoms. The number of thiazole rings is 1. The van der Waals surface area contributed by atoms with Crippen LogP contribution in [0.4, 0.5) is 0 Å². The van der Waals surface area contributed by atoms with E-state index in [1.165, 1.54) is 12.8 Å². The highest BCUT2D eigenvalue weighted by molar-refractivity contribution is 7.15. The van der Waals surface area contributed by atoms with Gasteiger partial charge in [0.1, 0.15) is 5.01 Å². The first-order chi connectivity index (χ1) is 10.4. The minimum atomic E-state index is 0.822. The molecule has 3 nitrogen and oxygen atoms in total. The third-order valence-corrected chi connectivity index (χ3v) is 5.59. The fraction of sp³-hybridized carbons (Fsp3) is 0.412. The summed E-state index contributed by atoms with van der Waals surface area (Å²) >= 11 is 1.73. The van der Waals surface area contributed by atoms with E-state index in [4.69, 9.17) is 0 Å². The van der Waals surface area contributed by atoms with Crippen LogP contribution in [-0.4, -0.2) is 16.5 Å². The van der Waals surface area contributed by atoms with Crippen molar-refractivity contribution in [3.8, 4) is 10.6 Å². The van der Waals surface area contributed by atoms with Crippen LogP contribution in [0.3, 0.4) is 0 Å². The number of rotatable bonds is 5. The summed E-state index contributed by atoms with van der Waals surface area (Å²) < 4.78 is 0. The van der Waals surface area contributed by atoms with Gasteiger partial charge in [-0.25, -0.2) is 4.98 Å². The van der Waals surface area contributed by atoms with Crippen molar-refractivity contribution in [1.82, 2.24) is 15.3 Å². The summed E-state index contributed by atoms with van der Waals surface area (Å²) in [4.78, 5) is 10.0. The molecule has 1 fully saturated rings. The van der Waals surface area contributed by atoms with Gasteiger partial charge in [0, 0.05) is 18.9 Å². The van der Waals surface area contributed by atoms with Gasteiger partial charge in [0.25, 0.3) is 0 Å². The van der Waals surface area contributed by atoms with E-state index in [1.54, 1.807) is 11.3 Å². The van der Waals surface area contributed by atoms with Gasteiger partial charge in [0.15, 0.2) is 0 Å². The molecular weight excluding hydrogens is 278 g/mol. The molecule has 2 heterocycles. The van der Waals surface area contributed by atoms with E-state index in [2.05, 4.69) is 27.4 Å². The van der Waals surface area contributed by atoms with Crippen molar-refractivity contribution in [2.75, 3.05) is 6.54 Å². The molecule has 0 aromatic carbocycles. The van der Waals surface area contributed by atoms with Gasteiger partial charge in [-0.2, -0.15) is 0 Å². The Bertz CT molecular complexity index is 634. The second-order valence-electron chi connectivity index (χ2n) is 6.00. The van der Waals surface area contributed by atoms with Gasteiger partial charge in [0.2, 0.25) is 0 Å². The van der Waals surface area contributed by atoms with Crippen LogP contribution in [0.15, 0.2) is 42.7 Å². The molecule has 1 saturated carbocycles. The molecule has 0 radical (unpaired) electrons. The Morgan fingerprint density at radius 3 is 2.95 bits per heavy atom.